The molecule has 2 nitrogen and oxygen atoms in total. The minimum atomic E-state index is -0.290. The third kappa shape index (κ3) is 1.20. The van der Waals surface area contributed by atoms with Crippen LogP contribution in [-0.4, -0.2) is 0 Å². The molecular formula is C10H9FN2. The lowest BCUT2D eigenvalue weighted by Gasteiger charge is -2.05. The number of nitrogens with two attached hydrogens (primary N) is 1. The Hall–Kier alpha value is -1.40. The highest BCUT2D eigenvalue weighted by atomic mass is 19.1. The molecule has 0 bridgehead atoms. The van der Waals surface area contributed by atoms with E-state index in [4.69, 9.17) is 11.0 Å². The van der Waals surface area contributed by atoms with Gasteiger partial charge in [0.1, 0.15) is 5.82 Å². The molecule has 0 aromatic heterocycles. The Kier molecular flexibility index (Phi) is 1.78. The van der Waals surface area contributed by atoms with Gasteiger partial charge in [0, 0.05) is 6.04 Å². The first kappa shape index (κ1) is 8.21. The van der Waals surface area contributed by atoms with Crippen LogP contribution in [0.25, 0.3) is 0 Å². The Morgan fingerprint density at radius 1 is 1.54 bits per heavy atom. The van der Waals surface area contributed by atoms with Crippen molar-refractivity contribution in [3.63, 3.8) is 0 Å². The Balaban J connectivity index is 2.61. The van der Waals surface area contributed by atoms with Crippen LogP contribution in [0, 0.1) is 17.1 Å². The van der Waals surface area contributed by atoms with E-state index in [1.54, 1.807) is 6.07 Å². The molecule has 1 aliphatic rings. The van der Waals surface area contributed by atoms with Crippen LogP contribution in [0.2, 0.25) is 0 Å². The number of nitriles is 1. The summed E-state index contributed by atoms with van der Waals surface area (Å²) in [5.41, 5.74) is 7.61. The minimum Gasteiger partial charge on any atom is -0.324 e. The summed E-state index contributed by atoms with van der Waals surface area (Å²) in [5.74, 6) is -0.290. The zero-order chi connectivity index (χ0) is 9.42. The lowest BCUT2D eigenvalue weighted by molar-refractivity contribution is 0.612. The predicted octanol–water partition coefficient (Wildman–Crippen LogP) is 1.64. The van der Waals surface area contributed by atoms with E-state index < -0.39 is 0 Å². The number of nitrogens with zero attached hydrogens (tertiary/aromatic N) is 1. The van der Waals surface area contributed by atoms with Crippen LogP contribution < -0.4 is 5.73 Å². The Morgan fingerprint density at radius 3 is 3.00 bits per heavy atom. The number of fused-ring (bicyclic) bond motifs is 1. The molecule has 1 aromatic carbocycles. The van der Waals surface area contributed by atoms with E-state index in [0.29, 0.717) is 17.5 Å². The van der Waals surface area contributed by atoms with E-state index >= 15 is 0 Å². The first-order chi connectivity index (χ1) is 6.22. The summed E-state index contributed by atoms with van der Waals surface area (Å²) in [4.78, 5) is 0. The highest BCUT2D eigenvalue weighted by Gasteiger charge is 2.22. The summed E-state index contributed by atoms with van der Waals surface area (Å²) in [5, 5.41) is 8.62. The maximum Gasteiger partial charge on any atom is 0.128 e. The van der Waals surface area contributed by atoms with Crippen molar-refractivity contribution in [3.05, 3.63) is 34.6 Å². The van der Waals surface area contributed by atoms with Gasteiger partial charge in [-0.15, -0.1) is 0 Å². The number of benzene rings is 1. The first-order valence-corrected chi connectivity index (χ1v) is 4.20. The maximum atomic E-state index is 13.3. The quantitative estimate of drug-likeness (QED) is 0.653. The fourth-order valence-electron chi connectivity index (χ4n) is 1.77. The third-order valence-corrected chi connectivity index (χ3v) is 2.46. The molecule has 1 aromatic rings. The number of hydrogen-bond acceptors (Lipinski definition) is 2. The molecule has 0 aliphatic heterocycles. The molecule has 0 amide bonds. The van der Waals surface area contributed by atoms with Crippen LogP contribution in [0.3, 0.4) is 0 Å². The molecule has 0 unspecified atom stereocenters. The second kappa shape index (κ2) is 2.82. The largest absolute Gasteiger partial charge is 0.324 e. The number of hydrogen-bond donors (Lipinski definition) is 1. The van der Waals surface area contributed by atoms with Crippen molar-refractivity contribution >= 4 is 0 Å². The van der Waals surface area contributed by atoms with Crippen LogP contribution in [0.5, 0.6) is 0 Å². The van der Waals surface area contributed by atoms with Crippen LogP contribution in [0.4, 0.5) is 4.39 Å². The van der Waals surface area contributed by atoms with Gasteiger partial charge in [0.05, 0.1) is 11.6 Å². The topological polar surface area (TPSA) is 49.8 Å². The van der Waals surface area contributed by atoms with Gasteiger partial charge in [-0.2, -0.15) is 5.26 Å². The van der Waals surface area contributed by atoms with E-state index in [9.17, 15) is 4.39 Å². The molecule has 13 heavy (non-hydrogen) atoms. The van der Waals surface area contributed by atoms with Crippen molar-refractivity contribution in [1.29, 1.82) is 5.26 Å². The Morgan fingerprint density at radius 2 is 2.31 bits per heavy atom. The normalized spacial score (nSPS) is 19.6. The maximum absolute atomic E-state index is 13.3. The second-order valence-corrected chi connectivity index (χ2v) is 3.28. The van der Waals surface area contributed by atoms with E-state index in [-0.39, 0.29) is 11.9 Å². The zero-order valence-corrected chi connectivity index (χ0v) is 7.05. The van der Waals surface area contributed by atoms with E-state index in [0.717, 1.165) is 12.0 Å². The Bertz CT molecular complexity index is 393. The van der Waals surface area contributed by atoms with Crippen molar-refractivity contribution in [3.8, 4) is 6.07 Å². The molecule has 0 saturated heterocycles. The molecule has 2 rings (SSSR count). The lowest BCUT2D eigenvalue weighted by Crippen LogP contribution is -2.05. The number of rotatable bonds is 0. The molecule has 66 valence electrons. The van der Waals surface area contributed by atoms with Crippen LogP contribution in [-0.2, 0) is 6.42 Å². The van der Waals surface area contributed by atoms with Gasteiger partial charge in [0.25, 0.3) is 0 Å². The molecule has 3 heteroatoms. The molecule has 0 saturated carbocycles. The van der Waals surface area contributed by atoms with Gasteiger partial charge in [0.15, 0.2) is 0 Å². The van der Waals surface area contributed by atoms with E-state index in [1.807, 2.05) is 6.07 Å². The fourth-order valence-corrected chi connectivity index (χ4v) is 1.77. The summed E-state index contributed by atoms with van der Waals surface area (Å²) in [6.45, 7) is 0. The highest BCUT2D eigenvalue weighted by molar-refractivity contribution is 5.43. The smallest absolute Gasteiger partial charge is 0.128 e. The van der Waals surface area contributed by atoms with Gasteiger partial charge in [-0.1, -0.05) is 0 Å². The third-order valence-electron chi connectivity index (χ3n) is 2.46. The van der Waals surface area contributed by atoms with Crippen molar-refractivity contribution < 1.29 is 4.39 Å². The van der Waals surface area contributed by atoms with E-state index in [2.05, 4.69) is 0 Å². The number of halogens is 1. The van der Waals surface area contributed by atoms with Crippen molar-refractivity contribution in [2.45, 2.75) is 18.9 Å². The van der Waals surface area contributed by atoms with Crippen LogP contribution >= 0.6 is 0 Å². The monoisotopic (exact) mass is 176 g/mol. The molecule has 2 N–H and O–H groups in total. The molecule has 0 spiro atoms. The molecule has 0 fully saturated rings. The highest BCUT2D eigenvalue weighted by Crippen LogP contribution is 2.31. The summed E-state index contributed by atoms with van der Waals surface area (Å²) in [7, 11) is 0. The SMILES string of the molecule is N#Cc1cc(F)c2c(c1)[C@@H](N)CC2. The van der Waals surface area contributed by atoms with Crippen LogP contribution in [0.1, 0.15) is 29.2 Å². The van der Waals surface area contributed by atoms with Gasteiger partial charge >= 0.3 is 0 Å². The first-order valence-electron chi connectivity index (χ1n) is 4.20. The van der Waals surface area contributed by atoms with Crippen molar-refractivity contribution in [2.24, 2.45) is 5.73 Å². The molecule has 0 radical (unpaired) electrons. The van der Waals surface area contributed by atoms with Gasteiger partial charge in [-0.25, -0.2) is 4.39 Å². The average molecular weight is 176 g/mol. The van der Waals surface area contributed by atoms with Crippen LogP contribution in [0.15, 0.2) is 12.1 Å². The molecule has 1 aliphatic carbocycles. The summed E-state index contributed by atoms with van der Waals surface area (Å²) < 4.78 is 13.3. The summed E-state index contributed by atoms with van der Waals surface area (Å²) in [6.07, 6.45) is 1.47. The van der Waals surface area contributed by atoms with Gasteiger partial charge in [0.2, 0.25) is 0 Å². The fraction of sp³-hybridized carbons (Fsp3) is 0.300. The lowest BCUT2D eigenvalue weighted by atomic mass is 10.0. The standard InChI is InChI=1S/C10H9FN2/c11-9-4-6(5-12)3-8-7(9)1-2-10(8)13/h3-4,10H,1-2,13H2/t10-/m0/s1. The average Bonchev–Trinajstić information content (AvgIpc) is 2.48. The van der Waals surface area contributed by atoms with Gasteiger partial charge < -0.3 is 5.73 Å². The predicted molar refractivity (Wildman–Crippen MR) is 46.4 cm³/mol. The molecule has 0 heterocycles. The minimum absolute atomic E-state index is 0.0993. The second-order valence-electron chi connectivity index (χ2n) is 3.28. The Labute approximate surface area is 75.8 Å². The zero-order valence-electron chi connectivity index (χ0n) is 7.05. The molecular weight excluding hydrogens is 167 g/mol. The molecule has 1 atom stereocenters. The van der Waals surface area contributed by atoms with Gasteiger partial charge in [-0.3, -0.25) is 0 Å². The summed E-state index contributed by atoms with van der Waals surface area (Å²) >= 11 is 0. The van der Waals surface area contributed by atoms with E-state index in [1.165, 1.54) is 6.07 Å². The van der Waals surface area contributed by atoms with Crippen molar-refractivity contribution in [2.75, 3.05) is 0 Å². The van der Waals surface area contributed by atoms with Crippen molar-refractivity contribution in [1.82, 2.24) is 0 Å². The summed E-state index contributed by atoms with van der Waals surface area (Å²) in [6, 6.07) is 4.79. The van der Waals surface area contributed by atoms with Gasteiger partial charge in [-0.05, 0) is 36.1 Å².